The zero-order valence-electron chi connectivity index (χ0n) is 8.74. The minimum absolute atomic E-state index is 0.808. The summed E-state index contributed by atoms with van der Waals surface area (Å²) < 4.78 is 0. The van der Waals surface area contributed by atoms with E-state index in [1.807, 2.05) is 45.0 Å². The lowest BCUT2D eigenvalue weighted by Crippen LogP contribution is -2.14. The first-order chi connectivity index (χ1) is 6.25. The Kier molecular flexibility index (Phi) is 5.60. The number of amides is 1. The van der Waals surface area contributed by atoms with E-state index in [2.05, 4.69) is 0 Å². The third-order valence-corrected chi connectivity index (χ3v) is 1.65. The van der Waals surface area contributed by atoms with E-state index in [4.69, 9.17) is 0 Å². The van der Waals surface area contributed by atoms with Gasteiger partial charge in [0.25, 0.3) is 0 Å². The maximum absolute atomic E-state index is 10.4. The van der Waals surface area contributed by atoms with Gasteiger partial charge in [-0.3, -0.25) is 4.79 Å². The first kappa shape index (κ1) is 11.7. The summed E-state index contributed by atoms with van der Waals surface area (Å²) in [6.07, 6.45) is 0.808. The van der Waals surface area contributed by atoms with Gasteiger partial charge in [0.15, 0.2) is 0 Å². The molecule has 0 unspecified atom stereocenters. The molecule has 1 aromatic carbocycles. The van der Waals surface area contributed by atoms with E-state index in [1.54, 1.807) is 11.9 Å². The minimum Gasteiger partial charge on any atom is -0.318 e. The molecule has 0 bridgehead atoms. The maximum Gasteiger partial charge on any atom is 0.213 e. The van der Waals surface area contributed by atoms with Crippen molar-refractivity contribution in [1.29, 1.82) is 0 Å². The monoisotopic (exact) mass is 179 g/mol. The second-order valence-corrected chi connectivity index (χ2v) is 2.50. The fourth-order valence-corrected chi connectivity index (χ4v) is 1.02. The van der Waals surface area contributed by atoms with Crippen LogP contribution in [0.4, 0.5) is 5.69 Å². The normalized spacial score (nSPS) is 8.31. The van der Waals surface area contributed by atoms with Crippen LogP contribution in [0.5, 0.6) is 0 Å². The summed E-state index contributed by atoms with van der Waals surface area (Å²) in [4.78, 5) is 11.9. The highest BCUT2D eigenvalue weighted by molar-refractivity contribution is 5.75. The van der Waals surface area contributed by atoms with Gasteiger partial charge < -0.3 is 4.90 Å². The third-order valence-electron chi connectivity index (χ3n) is 1.65. The molecule has 0 saturated heterocycles. The molecule has 0 radical (unpaired) electrons. The lowest BCUT2D eigenvalue weighted by molar-refractivity contribution is -0.107. The van der Waals surface area contributed by atoms with Crippen LogP contribution in [0.3, 0.4) is 0 Å². The van der Waals surface area contributed by atoms with Crippen LogP contribution in [0.15, 0.2) is 24.3 Å². The van der Waals surface area contributed by atoms with E-state index >= 15 is 0 Å². The standard InChI is InChI=1S/C9H11NO.C2H6/c1-8-5-3-4-6-9(8)10(2)7-11;1-2/h3-7H,1-2H3;1-2H3. The Bertz CT molecular complexity index is 258. The SMILES string of the molecule is CC.Cc1ccccc1N(C)C=O. The molecule has 0 fully saturated rings. The summed E-state index contributed by atoms with van der Waals surface area (Å²) in [6.45, 7) is 5.98. The summed E-state index contributed by atoms with van der Waals surface area (Å²) in [5.74, 6) is 0. The summed E-state index contributed by atoms with van der Waals surface area (Å²) >= 11 is 0. The maximum atomic E-state index is 10.4. The number of nitrogens with zero attached hydrogens (tertiary/aromatic N) is 1. The Morgan fingerprint density at radius 2 is 1.77 bits per heavy atom. The summed E-state index contributed by atoms with van der Waals surface area (Å²) in [6, 6.07) is 7.78. The van der Waals surface area contributed by atoms with Crippen molar-refractivity contribution < 1.29 is 4.79 Å². The van der Waals surface area contributed by atoms with E-state index in [1.165, 1.54) is 0 Å². The van der Waals surface area contributed by atoms with Gasteiger partial charge in [0.2, 0.25) is 6.41 Å². The number of carbonyl (C=O) groups is 1. The van der Waals surface area contributed by atoms with Crippen molar-refractivity contribution in [2.45, 2.75) is 20.8 Å². The van der Waals surface area contributed by atoms with Gasteiger partial charge in [-0.05, 0) is 18.6 Å². The van der Waals surface area contributed by atoms with Crippen LogP contribution >= 0.6 is 0 Å². The highest BCUT2D eigenvalue weighted by Crippen LogP contribution is 2.15. The highest BCUT2D eigenvalue weighted by Gasteiger charge is 1.99. The molecule has 2 heteroatoms. The van der Waals surface area contributed by atoms with Crippen molar-refractivity contribution in [1.82, 2.24) is 0 Å². The van der Waals surface area contributed by atoms with Gasteiger partial charge in [-0.25, -0.2) is 0 Å². The second kappa shape index (κ2) is 6.23. The van der Waals surface area contributed by atoms with Crippen LogP contribution in [-0.2, 0) is 4.79 Å². The van der Waals surface area contributed by atoms with Crippen molar-refractivity contribution in [3.8, 4) is 0 Å². The number of benzene rings is 1. The van der Waals surface area contributed by atoms with Gasteiger partial charge >= 0.3 is 0 Å². The Morgan fingerprint density at radius 3 is 2.23 bits per heavy atom. The van der Waals surface area contributed by atoms with E-state index in [9.17, 15) is 4.79 Å². The first-order valence-corrected chi connectivity index (χ1v) is 4.49. The molecule has 72 valence electrons. The molecule has 0 aromatic heterocycles. The van der Waals surface area contributed by atoms with E-state index in [0.717, 1.165) is 17.7 Å². The molecule has 0 saturated carbocycles. The predicted octanol–water partition coefficient (Wildman–Crippen LogP) is 2.61. The van der Waals surface area contributed by atoms with Crippen LogP contribution in [0.1, 0.15) is 19.4 Å². The first-order valence-electron chi connectivity index (χ1n) is 4.49. The van der Waals surface area contributed by atoms with Crippen molar-refractivity contribution in [3.63, 3.8) is 0 Å². The van der Waals surface area contributed by atoms with E-state index < -0.39 is 0 Å². The molecule has 0 spiro atoms. The van der Waals surface area contributed by atoms with Crippen LogP contribution in [0, 0.1) is 6.92 Å². The van der Waals surface area contributed by atoms with Crippen molar-refractivity contribution in [2.75, 3.05) is 11.9 Å². The molecule has 13 heavy (non-hydrogen) atoms. The summed E-state index contributed by atoms with van der Waals surface area (Å²) in [5, 5.41) is 0. The van der Waals surface area contributed by atoms with Gasteiger partial charge in [-0.1, -0.05) is 32.0 Å². The lowest BCUT2D eigenvalue weighted by atomic mass is 10.2. The van der Waals surface area contributed by atoms with Gasteiger partial charge in [0.05, 0.1) is 0 Å². The molecule has 1 amide bonds. The summed E-state index contributed by atoms with van der Waals surface area (Å²) in [5.41, 5.74) is 2.07. The van der Waals surface area contributed by atoms with Crippen molar-refractivity contribution in [3.05, 3.63) is 29.8 Å². The average molecular weight is 179 g/mol. The average Bonchev–Trinajstić information content (AvgIpc) is 2.20. The third kappa shape index (κ3) is 3.28. The molecule has 0 heterocycles. The predicted molar refractivity (Wildman–Crippen MR) is 57.0 cm³/mol. The number of hydrogen-bond donors (Lipinski definition) is 0. The molecule has 0 aliphatic heterocycles. The minimum atomic E-state index is 0.808. The van der Waals surface area contributed by atoms with Crippen LogP contribution in [-0.4, -0.2) is 13.5 Å². The van der Waals surface area contributed by atoms with Gasteiger partial charge in [-0.15, -0.1) is 0 Å². The van der Waals surface area contributed by atoms with Crippen LogP contribution in [0.25, 0.3) is 0 Å². The quantitative estimate of drug-likeness (QED) is 0.639. The number of aryl methyl sites for hydroxylation is 1. The lowest BCUT2D eigenvalue weighted by Gasteiger charge is -2.12. The topological polar surface area (TPSA) is 20.3 Å². The Hall–Kier alpha value is -1.31. The molecular formula is C11H17NO. The number of rotatable bonds is 2. The number of carbonyl (C=O) groups excluding carboxylic acids is 1. The molecule has 0 atom stereocenters. The fourth-order valence-electron chi connectivity index (χ4n) is 1.02. The molecule has 0 N–H and O–H groups in total. The van der Waals surface area contributed by atoms with Crippen molar-refractivity contribution in [2.24, 2.45) is 0 Å². The Labute approximate surface area is 80.2 Å². The number of hydrogen-bond acceptors (Lipinski definition) is 1. The van der Waals surface area contributed by atoms with E-state index in [0.29, 0.717) is 0 Å². The van der Waals surface area contributed by atoms with Gasteiger partial charge in [0, 0.05) is 12.7 Å². The molecule has 0 aliphatic rings. The molecule has 1 aromatic rings. The van der Waals surface area contributed by atoms with Gasteiger partial charge in [0.1, 0.15) is 0 Å². The molecule has 1 rings (SSSR count). The molecule has 2 nitrogen and oxygen atoms in total. The number of anilines is 1. The number of para-hydroxylation sites is 1. The smallest absolute Gasteiger partial charge is 0.213 e. The van der Waals surface area contributed by atoms with Crippen LogP contribution in [0.2, 0.25) is 0 Å². The van der Waals surface area contributed by atoms with Gasteiger partial charge in [-0.2, -0.15) is 0 Å². The molecule has 0 aliphatic carbocycles. The molecular weight excluding hydrogens is 162 g/mol. The summed E-state index contributed by atoms with van der Waals surface area (Å²) in [7, 11) is 1.75. The fraction of sp³-hybridized carbons (Fsp3) is 0.364. The van der Waals surface area contributed by atoms with Crippen molar-refractivity contribution >= 4 is 12.1 Å². The Balaban J connectivity index is 0.000000671. The zero-order chi connectivity index (χ0) is 10.3. The second-order valence-electron chi connectivity index (χ2n) is 2.50. The van der Waals surface area contributed by atoms with Crippen LogP contribution < -0.4 is 4.90 Å². The Morgan fingerprint density at radius 1 is 1.23 bits per heavy atom. The zero-order valence-corrected chi connectivity index (χ0v) is 8.74. The van der Waals surface area contributed by atoms with E-state index in [-0.39, 0.29) is 0 Å². The largest absolute Gasteiger partial charge is 0.318 e. The highest BCUT2D eigenvalue weighted by atomic mass is 16.1.